The molecule has 1 unspecified atom stereocenters. The third-order valence-electron chi connectivity index (χ3n) is 1.58. The largest absolute Gasteiger partial charge is 0.392 e. The average molecular weight is 188 g/mol. The van der Waals surface area contributed by atoms with E-state index in [1.54, 1.807) is 6.92 Å². The normalized spacial score (nSPS) is 12.5. The van der Waals surface area contributed by atoms with E-state index in [4.69, 9.17) is 5.11 Å². The lowest BCUT2D eigenvalue weighted by Crippen LogP contribution is -2.37. The first kappa shape index (κ1) is 12.4. The molecular weight excluding hydrogens is 168 g/mol. The molecule has 78 valence electrons. The standard InChI is InChI=1S/C9H20N2O2/c1-3-4-5-11-9(13)7-10-6-8(2)12/h8,10,12H,3-7H2,1-2H3,(H,11,13). The zero-order valence-electron chi connectivity index (χ0n) is 8.47. The fraction of sp³-hybridized carbons (Fsp3) is 0.889. The zero-order chi connectivity index (χ0) is 10.1. The van der Waals surface area contributed by atoms with E-state index in [0.717, 1.165) is 19.4 Å². The van der Waals surface area contributed by atoms with Gasteiger partial charge < -0.3 is 15.7 Å². The van der Waals surface area contributed by atoms with Crippen molar-refractivity contribution in [2.45, 2.75) is 32.8 Å². The molecular formula is C9H20N2O2. The summed E-state index contributed by atoms with van der Waals surface area (Å²) in [7, 11) is 0. The summed E-state index contributed by atoms with van der Waals surface area (Å²) in [6.07, 6.45) is 1.70. The number of aliphatic hydroxyl groups excluding tert-OH is 1. The maximum Gasteiger partial charge on any atom is 0.233 e. The summed E-state index contributed by atoms with van der Waals surface area (Å²) in [4.78, 5) is 11.0. The van der Waals surface area contributed by atoms with Crippen molar-refractivity contribution in [2.24, 2.45) is 0 Å². The Morgan fingerprint density at radius 2 is 2.23 bits per heavy atom. The predicted molar refractivity (Wildman–Crippen MR) is 52.5 cm³/mol. The van der Waals surface area contributed by atoms with Gasteiger partial charge in [0.1, 0.15) is 0 Å². The first-order valence-electron chi connectivity index (χ1n) is 4.82. The minimum atomic E-state index is -0.400. The van der Waals surface area contributed by atoms with Crippen LogP contribution in [0.25, 0.3) is 0 Å². The fourth-order valence-electron chi connectivity index (χ4n) is 0.862. The van der Waals surface area contributed by atoms with Crippen LogP contribution in [0, 0.1) is 0 Å². The Morgan fingerprint density at radius 3 is 2.77 bits per heavy atom. The van der Waals surface area contributed by atoms with Crippen molar-refractivity contribution in [3.05, 3.63) is 0 Å². The molecule has 13 heavy (non-hydrogen) atoms. The Bertz CT molecular complexity index is 138. The van der Waals surface area contributed by atoms with Gasteiger partial charge in [-0.1, -0.05) is 13.3 Å². The topological polar surface area (TPSA) is 61.4 Å². The number of carbonyl (C=O) groups is 1. The first-order valence-corrected chi connectivity index (χ1v) is 4.82. The van der Waals surface area contributed by atoms with Crippen LogP contribution in [-0.2, 0) is 4.79 Å². The van der Waals surface area contributed by atoms with Gasteiger partial charge in [0.2, 0.25) is 5.91 Å². The molecule has 4 nitrogen and oxygen atoms in total. The summed E-state index contributed by atoms with van der Waals surface area (Å²) in [6, 6.07) is 0. The second kappa shape index (κ2) is 8.01. The van der Waals surface area contributed by atoms with Gasteiger partial charge in [0.25, 0.3) is 0 Å². The molecule has 1 atom stereocenters. The number of hydrogen-bond acceptors (Lipinski definition) is 3. The molecule has 0 aliphatic rings. The van der Waals surface area contributed by atoms with Gasteiger partial charge in [-0.25, -0.2) is 0 Å². The number of aliphatic hydroxyl groups is 1. The van der Waals surface area contributed by atoms with Crippen molar-refractivity contribution in [2.75, 3.05) is 19.6 Å². The molecule has 0 aromatic rings. The monoisotopic (exact) mass is 188 g/mol. The number of hydrogen-bond donors (Lipinski definition) is 3. The van der Waals surface area contributed by atoms with Crippen LogP contribution in [0.3, 0.4) is 0 Å². The molecule has 1 amide bonds. The molecule has 0 aliphatic carbocycles. The smallest absolute Gasteiger partial charge is 0.233 e. The van der Waals surface area contributed by atoms with E-state index in [2.05, 4.69) is 17.6 Å². The highest BCUT2D eigenvalue weighted by Gasteiger charge is 2.00. The lowest BCUT2D eigenvalue weighted by Gasteiger charge is -2.07. The fourth-order valence-corrected chi connectivity index (χ4v) is 0.862. The number of nitrogens with one attached hydrogen (secondary N) is 2. The highest BCUT2D eigenvalue weighted by Crippen LogP contribution is 1.81. The quantitative estimate of drug-likeness (QED) is 0.488. The third kappa shape index (κ3) is 9.30. The SMILES string of the molecule is CCCCNC(=O)CNCC(C)O. The van der Waals surface area contributed by atoms with Gasteiger partial charge in [-0.05, 0) is 13.3 Å². The Balaban J connectivity index is 3.20. The number of rotatable bonds is 7. The van der Waals surface area contributed by atoms with Gasteiger partial charge in [0.15, 0.2) is 0 Å². The van der Waals surface area contributed by atoms with E-state index in [1.807, 2.05) is 0 Å². The summed E-state index contributed by atoms with van der Waals surface area (Å²) in [5, 5.41) is 14.5. The average Bonchev–Trinajstić information content (AvgIpc) is 2.04. The van der Waals surface area contributed by atoms with Crippen molar-refractivity contribution in [1.29, 1.82) is 0 Å². The van der Waals surface area contributed by atoms with Crippen LogP contribution in [0.4, 0.5) is 0 Å². The lowest BCUT2D eigenvalue weighted by atomic mass is 10.3. The van der Waals surface area contributed by atoms with Gasteiger partial charge in [0.05, 0.1) is 12.6 Å². The van der Waals surface area contributed by atoms with Crippen LogP contribution in [-0.4, -0.2) is 36.8 Å². The third-order valence-corrected chi connectivity index (χ3v) is 1.58. The maximum absolute atomic E-state index is 11.0. The lowest BCUT2D eigenvalue weighted by molar-refractivity contribution is -0.120. The maximum atomic E-state index is 11.0. The van der Waals surface area contributed by atoms with Crippen LogP contribution in [0.1, 0.15) is 26.7 Å². The molecule has 0 bridgehead atoms. The van der Waals surface area contributed by atoms with Gasteiger partial charge in [0, 0.05) is 13.1 Å². The molecule has 3 N–H and O–H groups in total. The van der Waals surface area contributed by atoms with E-state index < -0.39 is 6.10 Å². The second-order valence-electron chi connectivity index (χ2n) is 3.18. The van der Waals surface area contributed by atoms with Crippen LogP contribution in [0.15, 0.2) is 0 Å². The van der Waals surface area contributed by atoms with Gasteiger partial charge in [-0.15, -0.1) is 0 Å². The molecule has 0 spiro atoms. The van der Waals surface area contributed by atoms with Crippen molar-refractivity contribution in [1.82, 2.24) is 10.6 Å². The predicted octanol–water partition coefficient (Wildman–Crippen LogP) is -0.127. The highest BCUT2D eigenvalue weighted by atomic mass is 16.3. The number of carbonyl (C=O) groups excluding carboxylic acids is 1. The molecule has 0 aliphatic heterocycles. The molecule has 4 heteroatoms. The second-order valence-corrected chi connectivity index (χ2v) is 3.18. The molecule has 0 radical (unpaired) electrons. The summed E-state index contributed by atoms with van der Waals surface area (Å²) in [5.41, 5.74) is 0. The summed E-state index contributed by atoms with van der Waals surface area (Å²) in [6.45, 7) is 5.25. The van der Waals surface area contributed by atoms with Gasteiger partial charge >= 0.3 is 0 Å². The zero-order valence-corrected chi connectivity index (χ0v) is 8.47. The molecule has 0 saturated heterocycles. The minimum Gasteiger partial charge on any atom is -0.392 e. The highest BCUT2D eigenvalue weighted by molar-refractivity contribution is 5.77. The summed E-state index contributed by atoms with van der Waals surface area (Å²) < 4.78 is 0. The van der Waals surface area contributed by atoms with Crippen molar-refractivity contribution >= 4 is 5.91 Å². The van der Waals surface area contributed by atoms with Crippen LogP contribution >= 0.6 is 0 Å². The van der Waals surface area contributed by atoms with Crippen molar-refractivity contribution in [3.63, 3.8) is 0 Å². The molecule has 0 saturated carbocycles. The Morgan fingerprint density at radius 1 is 1.54 bits per heavy atom. The van der Waals surface area contributed by atoms with E-state index in [-0.39, 0.29) is 12.5 Å². The van der Waals surface area contributed by atoms with Crippen molar-refractivity contribution < 1.29 is 9.90 Å². The van der Waals surface area contributed by atoms with Crippen LogP contribution < -0.4 is 10.6 Å². The number of amides is 1. The van der Waals surface area contributed by atoms with E-state index in [0.29, 0.717) is 6.54 Å². The number of unbranched alkanes of at least 4 members (excludes halogenated alkanes) is 1. The van der Waals surface area contributed by atoms with E-state index in [1.165, 1.54) is 0 Å². The molecule has 0 fully saturated rings. The van der Waals surface area contributed by atoms with Crippen LogP contribution in [0.2, 0.25) is 0 Å². The van der Waals surface area contributed by atoms with E-state index >= 15 is 0 Å². The minimum absolute atomic E-state index is 0.00546. The Hall–Kier alpha value is -0.610. The molecule has 0 aromatic carbocycles. The Labute approximate surface area is 79.7 Å². The first-order chi connectivity index (χ1) is 6.16. The van der Waals surface area contributed by atoms with Gasteiger partial charge in [-0.2, -0.15) is 0 Å². The van der Waals surface area contributed by atoms with Gasteiger partial charge in [-0.3, -0.25) is 4.79 Å². The van der Waals surface area contributed by atoms with Crippen molar-refractivity contribution in [3.8, 4) is 0 Å². The molecule has 0 rings (SSSR count). The summed E-state index contributed by atoms with van der Waals surface area (Å²) >= 11 is 0. The Kier molecular flexibility index (Phi) is 7.63. The van der Waals surface area contributed by atoms with E-state index in [9.17, 15) is 4.79 Å². The van der Waals surface area contributed by atoms with Crippen LogP contribution in [0.5, 0.6) is 0 Å². The summed E-state index contributed by atoms with van der Waals surface area (Å²) in [5.74, 6) is -0.00546. The molecule has 0 aromatic heterocycles. The molecule has 0 heterocycles.